The van der Waals surface area contributed by atoms with Gasteiger partial charge in [-0.3, -0.25) is 4.79 Å². The number of methoxy groups -OCH3 is 1. The molecule has 0 heterocycles. The molecule has 2 aromatic rings. The Bertz CT molecular complexity index is 776. The van der Waals surface area contributed by atoms with Crippen LogP contribution in [0.5, 0.6) is 5.75 Å². The van der Waals surface area contributed by atoms with E-state index in [-0.39, 0.29) is 11.1 Å². The zero-order chi connectivity index (χ0) is 17.7. The van der Waals surface area contributed by atoms with Crippen molar-refractivity contribution in [2.45, 2.75) is 6.18 Å². The van der Waals surface area contributed by atoms with Crippen LogP contribution in [-0.2, 0) is 6.18 Å². The number of hydrogen-bond acceptors (Lipinski definition) is 3. The molecule has 0 bridgehead atoms. The summed E-state index contributed by atoms with van der Waals surface area (Å²) in [5, 5.41) is 3.59. The maximum Gasteiger partial charge on any atom is 0.417 e. The van der Waals surface area contributed by atoms with Crippen molar-refractivity contribution in [2.24, 2.45) is 5.10 Å². The second-order valence-electron chi connectivity index (χ2n) is 4.63. The van der Waals surface area contributed by atoms with Gasteiger partial charge in [-0.25, -0.2) is 5.43 Å². The maximum atomic E-state index is 12.8. The topological polar surface area (TPSA) is 50.7 Å². The van der Waals surface area contributed by atoms with Gasteiger partial charge in [0.25, 0.3) is 5.91 Å². The molecule has 0 spiro atoms. The van der Waals surface area contributed by atoms with Gasteiger partial charge >= 0.3 is 6.18 Å². The third-order valence-corrected chi connectivity index (χ3v) is 3.67. The predicted molar refractivity (Wildman–Crippen MR) is 87.2 cm³/mol. The monoisotopic (exact) mass is 400 g/mol. The molecular formula is C16H12BrF3N2O2. The quantitative estimate of drug-likeness (QED) is 0.616. The van der Waals surface area contributed by atoms with E-state index in [1.807, 2.05) is 0 Å². The fourth-order valence-corrected chi connectivity index (χ4v) is 2.44. The summed E-state index contributed by atoms with van der Waals surface area (Å²) < 4.78 is 44.2. The maximum absolute atomic E-state index is 12.8. The molecule has 0 aliphatic carbocycles. The van der Waals surface area contributed by atoms with E-state index in [2.05, 4.69) is 26.5 Å². The Morgan fingerprint density at radius 1 is 1.25 bits per heavy atom. The molecule has 8 heteroatoms. The Balaban J connectivity index is 2.12. The number of rotatable bonds is 4. The molecule has 0 aliphatic heterocycles. The van der Waals surface area contributed by atoms with Gasteiger partial charge in [0.1, 0.15) is 5.75 Å². The van der Waals surface area contributed by atoms with Gasteiger partial charge in [-0.15, -0.1) is 0 Å². The average molecular weight is 401 g/mol. The Labute approximate surface area is 144 Å². The molecule has 24 heavy (non-hydrogen) atoms. The van der Waals surface area contributed by atoms with Crippen molar-refractivity contribution < 1.29 is 22.7 Å². The molecule has 2 rings (SSSR count). The smallest absolute Gasteiger partial charge is 0.417 e. The molecular weight excluding hydrogens is 389 g/mol. The first-order valence-electron chi connectivity index (χ1n) is 6.66. The highest BCUT2D eigenvalue weighted by Crippen LogP contribution is 2.31. The highest BCUT2D eigenvalue weighted by Gasteiger charge is 2.32. The molecule has 0 unspecified atom stereocenters. The molecule has 4 nitrogen and oxygen atoms in total. The van der Waals surface area contributed by atoms with E-state index in [9.17, 15) is 18.0 Å². The van der Waals surface area contributed by atoms with Gasteiger partial charge in [0.05, 0.1) is 23.4 Å². The van der Waals surface area contributed by atoms with Gasteiger partial charge < -0.3 is 4.74 Å². The summed E-state index contributed by atoms with van der Waals surface area (Å²) in [5.74, 6) is -0.00625. The summed E-state index contributed by atoms with van der Waals surface area (Å²) in [4.78, 5) is 12.0. The van der Waals surface area contributed by atoms with Gasteiger partial charge in [-0.05, 0) is 40.2 Å². The molecule has 1 N–H and O–H groups in total. The SMILES string of the molecule is COc1ccc(C(=O)N/N=C/c2ccccc2C(F)(F)F)cc1Br. The molecule has 0 atom stereocenters. The molecule has 1 amide bonds. The largest absolute Gasteiger partial charge is 0.496 e. The third-order valence-electron chi connectivity index (χ3n) is 3.05. The number of nitrogens with zero attached hydrogens (tertiary/aromatic N) is 1. The van der Waals surface area contributed by atoms with Gasteiger partial charge in [-0.2, -0.15) is 18.3 Å². The summed E-state index contributed by atoms with van der Waals surface area (Å²) in [7, 11) is 1.49. The number of amides is 1. The standard InChI is InChI=1S/C16H12BrF3N2O2/c1-24-14-7-6-10(8-13(14)17)15(23)22-21-9-11-4-2-3-5-12(11)16(18,19)20/h2-9H,1H3,(H,22,23)/b21-9+. The van der Waals surface area contributed by atoms with Crippen LogP contribution >= 0.6 is 15.9 Å². The first-order chi connectivity index (χ1) is 11.3. The minimum Gasteiger partial charge on any atom is -0.496 e. The normalized spacial score (nSPS) is 11.5. The van der Waals surface area contributed by atoms with E-state index in [0.29, 0.717) is 10.2 Å². The van der Waals surface area contributed by atoms with Crippen LogP contribution in [0, 0.1) is 0 Å². The number of alkyl halides is 3. The van der Waals surface area contributed by atoms with E-state index in [1.165, 1.54) is 37.4 Å². The summed E-state index contributed by atoms with van der Waals surface area (Å²) >= 11 is 3.24. The Hall–Kier alpha value is -2.35. The van der Waals surface area contributed by atoms with Crippen LogP contribution in [0.4, 0.5) is 13.2 Å². The molecule has 2 aromatic carbocycles. The summed E-state index contributed by atoms with van der Waals surface area (Å²) in [5.41, 5.74) is 1.51. The average Bonchev–Trinajstić information content (AvgIpc) is 2.54. The van der Waals surface area contributed by atoms with E-state index in [1.54, 1.807) is 6.07 Å². The number of carbonyl (C=O) groups is 1. The first-order valence-corrected chi connectivity index (χ1v) is 7.45. The number of benzene rings is 2. The second kappa shape index (κ2) is 7.48. The van der Waals surface area contributed by atoms with Crippen molar-refractivity contribution in [2.75, 3.05) is 7.11 Å². The van der Waals surface area contributed by atoms with Gasteiger partial charge in [0.15, 0.2) is 0 Å². The minimum absolute atomic E-state index is 0.138. The lowest BCUT2D eigenvalue weighted by Crippen LogP contribution is -2.18. The van der Waals surface area contributed by atoms with E-state index in [4.69, 9.17) is 4.74 Å². The predicted octanol–water partition coefficient (Wildman–Crippen LogP) is 4.24. The number of halogens is 4. The molecule has 0 aliphatic rings. The van der Waals surface area contributed by atoms with Crippen molar-refractivity contribution >= 4 is 28.1 Å². The van der Waals surface area contributed by atoms with E-state index < -0.39 is 17.6 Å². The number of hydrogen-bond donors (Lipinski definition) is 1. The van der Waals surface area contributed by atoms with Crippen LogP contribution in [-0.4, -0.2) is 19.2 Å². The molecule has 126 valence electrons. The van der Waals surface area contributed by atoms with Gasteiger partial charge in [-0.1, -0.05) is 18.2 Å². The van der Waals surface area contributed by atoms with Crippen molar-refractivity contribution in [3.05, 3.63) is 63.6 Å². The van der Waals surface area contributed by atoms with Crippen LogP contribution in [0.3, 0.4) is 0 Å². The lowest BCUT2D eigenvalue weighted by molar-refractivity contribution is -0.137. The summed E-state index contributed by atoms with van der Waals surface area (Å²) in [6.07, 6.45) is -3.53. The molecule has 0 saturated carbocycles. The zero-order valence-corrected chi connectivity index (χ0v) is 14.0. The third kappa shape index (κ3) is 4.35. The molecule has 0 radical (unpaired) electrons. The van der Waals surface area contributed by atoms with Gasteiger partial charge in [0, 0.05) is 11.1 Å². The van der Waals surface area contributed by atoms with Crippen molar-refractivity contribution in [3.63, 3.8) is 0 Å². The van der Waals surface area contributed by atoms with Crippen molar-refractivity contribution in [3.8, 4) is 5.75 Å². The fraction of sp³-hybridized carbons (Fsp3) is 0.125. The number of nitrogens with one attached hydrogen (secondary N) is 1. The number of hydrazone groups is 1. The highest BCUT2D eigenvalue weighted by atomic mass is 79.9. The van der Waals surface area contributed by atoms with Crippen molar-refractivity contribution in [1.29, 1.82) is 0 Å². The van der Waals surface area contributed by atoms with Crippen LogP contribution in [0.2, 0.25) is 0 Å². The zero-order valence-electron chi connectivity index (χ0n) is 12.4. The van der Waals surface area contributed by atoms with Crippen LogP contribution in [0.1, 0.15) is 21.5 Å². The Morgan fingerprint density at radius 2 is 1.96 bits per heavy atom. The fourth-order valence-electron chi connectivity index (χ4n) is 1.90. The molecule has 0 fully saturated rings. The Morgan fingerprint density at radius 3 is 2.58 bits per heavy atom. The van der Waals surface area contributed by atoms with Crippen LogP contribution < -0.4 is 10.2 Å². The van der Waals surface area contributed by atoms with Crippen LogP contribution in [0.15, 0.2) is 52.0 Å². The lowest BCUT2D eigenvalue weighted by atomic mass is 10.1. The van der Waals surface area contributed by atoms with Gasteiger partial charge in [0.2, 0.25) is 0 Å². The molecule has 0 saturated heterocycles. The van der Waals surface area contributed by atoms with Crippen molar-refractivity contribution in [1.82, 2.24) is 5.43 Å². The van der Waals surface area contributed by atoms with Crippen LogP contribution in [0.25, 0.3) is 0 Å². The second-order valence-corrected chi connectivity index (χ2v) is 5.49. The highest BCUT2D eigenvalue weighted by molar-refractivity contribution is 9.10. The lowest BCUT2D eigenvalue weighted by Gasteiger charge is -2.09. The summed E-state index contributed by atoms with van der Waals surface area (Å²) in [6, 6.07) is 9.58. The summed E-state index contributed by atoms with van der Waals surface area (Å²) in [6.45, 7) is 0. The number of carbonyl (C=O) groups excluding carboxylic acids is 1. The Kier molecular flexibility index (Phi) is 5.61. The minimum atomic E-state index is -4.49. The molecule has 0 aromatic heterocycles. The number of ether oxygens (including phenoxy) is 1. The van der Waals surface area contributed by atoms with E-state index >= 15 is 0 Å². The first kappa shape index (κ1) is 18.0. The van der Waals surface area contributed by atoms with E-state index in [0.717, 1.165) is 12.3 Å².